The van der Waals surface area contributed by atoms with Crippen LogP contribution in [0.25, 0.3) is 21.1 Å². The van der Waals surface area contributed by atoms with Crippen molar-refractivity contribution in [3.8, 4) is 5.75 Å². The number of carbonyl (C=O) groups is 2. The fourth-order valence-electron chi connectivity index (χ4n) is 3.56. The van der Waals surface area contributed by atoms with Gasteiger partial charge in [0.15, 0.2) is 5.13 Å². The first-order valence-electron chi connectivity index (χ1n) is 10.9. The highest BCUT2D eigenvalue weighted by atomic mass is 32.2. The number of nitrogens with zero attached hydrogens (tertiary/aromatic N) is 2. The number of rotatable bonds is 8. The smallest absolute Gasteiger partial charge is 0.338 e. The number of hydrogen-bond acceptors (Lipinski definition) is 8. The minimum absolute atomic E-state index is 0.142. The van der Waals surface area contributed by atoms with Gasteiger partial charge in [-0.3, -0.25) is 4.79 Å². The Balaban J connectivity index is 1.53. The number of aromatic nitrogens is 2. The Hall–Kier alpha value is -3.17. The summed E-state index contributed by atoms with van der Waals surface area (Å²) in [6.45, 7) is 6.08. The highest BCUT2D eigenvalue weighted by Gasteiger charge is 2.21. The lowest BCUT2D eigenvalue weighted by Gasteiger charge is -2.15. The maximum absolute atomic E-state index is 13.1. The van der Waals surface area contributed by atoms with Gasteiger partial charge in [0.2, 0.25) is 5.91 Å². The van der Waals surface area contributed by atoms with Crippen LogP contribution in [0.15, 0.2) is 47.5 Å². The van der Waals surface area contributed by atoms with Gasteiger partial charge in [-0.05, 0) is 56.2 Å². The number of para-hydroxylation sites is 1. The van der Waals surface area contributed by atoms with Gasteiger partial charge >= 0.3 is 5.97 Å². The van der Waals surface area contributed by atoms with Crippen LogP contribution in [0.3, 0.4) is 0 Å². The van der Waals surface area contributed by atoms with Crippen molar-refractivity contribution < 1.29 is 19.1 Å². The molecule has 0 radical (unpaired) electrons. The average Bonchev–Trinajstić information content (AvgIpc) is 3.23. The van der Waals surface area contributed by atoms with Gasteiger partial charge in [0.05, 0.1) is 39.8 Å². The standard InChI is InChI=1S/C25H25N3O4S2/c1-5-19(33-21-12-14(3)16-8-7-9-18(31-4)22(16)27-21)23(29)28-25-26-17-11-10-15(13-20(17)34-25)24(30)32-6-2/h7-13,19H,5-6H2,1-4H3,(H,26,28,29). The highest BCUT2D eigenvalue weighted by molar-refractivity contribution is 8.00. The molecular weight excluding hydrogens is 470 g/mol. The number of thiazole rings is 1. The number of carbonyl (C=O) groups excluding carboxylic acids is 2. The van der Waals surface area contributed by atoms with Crippen LogP contribution in [0.5, 0.6) is 5.75 Å². The van der Waals surface area contributed by atoms with Crippen LogP contribution >= 0.6 is 23.1 Å². The SMILES string of the molecule is CCOC(=O)c1ccc2nc(NC(=O)C(CC)Sc3cc(C)c4cccc(OC)c4n3)sc2c1. The van der Waals surface area contributed by atoms with Crippen molar-refractivity contribution in [3.05, 3.63) is 53.6 Å². The summed E-state index contributed by atoms with van der Waals surface area (Å²) in [5.41, 5.74) is 3.04. The monoisotopic (exact) mass is 495 g/mol. The first-order chi connectivity index (χ1) is 16.4. The molecule has 0 aliphatic carbocycles. The first kappa shape index (κ1) is 24.0. The third-order valence-corrected chi connectivity index (χ3v) is 7.48. The summed E-state index contributed by atoms with van der Waals surface area (Å²) in [5, 5.41) is 4.86. The molecule has 1 N–H and O–H groups in total. The molecule has 0 spiro atoms. The Morgan fingerprint density at radius 2 is 1.97 bits per heavy atom. The van der Waals surface area contributed by atoms with E-state index in [9.17, 15) is 9.59 Å². The molecule has 2 aromatic heterocycles. The minimum Gasteiger partial charge on any atom is -0.494 e. The summed E-state index contributed by atoms with van der Waals surface area (Å²) in [7, 11) is 1.63. The number of amides is 1. The van der Waals surface area contributed by atoms with Crippen LogP contribution < -0.4 is 10.1 Å². The number of anilines is 1. The molecule has 4 rings (SSSR count). The van der Waals surface area contributed by atoms with E-state index in [2.05, 4.69) is 10.3 Å². The van der Waals surface area contributed by atoms with Crippen LogP contribution in [-0.2, 0) is 9.53 Å². The lowest BCUT2D eigenvalue weighted by molar-refractivity contribution is -0.115. The third kappa shape index (κ3) is 5.00. The summed E-state index contributed by atoms with van der Waals surface area (Å²) >= 11 is 2.75. The normalized spacial score (nSPS) is 12.0. The van der Waals surface area contributed by atoms with Crippen molar-refractivity contribution in [1.29, 1.82) is 0 Å². The molecule has 2 heterocycles. The summed E-state index contributed by atoms with van der Waals surface area (Å²) in [6.07, 6.45) is 0.624. The maximum atomic E-state index is 13.1. The topological polar surface area (TPSA) is 90.4 Å². The highest BCUT2D eigenvalue weighted by Crippen LogP contribution is 2.33. The molecule has 2 aromatic carbocycles. The molecule has 1 atom stereocenters. The number of methoxy groups -OCH3 is 1. The number of pyridine rings is 1. The van der Waals surface area contributed by atoms with E-state index >= 15 is 0 Å². The number of ether oxygens (including phenoxy) is 2. The summed E-state index contributed by atoms with van der Waals surface area (Å²) < 4.78 is 11.3. The van der Waals surface area contributed by atoms with Crippen molar-refractivity contribution in [2.45, 2.75) is 37.5 Å². The lowest BCUT2D eigenvalue weighted by Crippen LogP contribution is -2.24. The Morgan fingerprint density at radius 3 is 2.71 bits per heavy atom. The zero-order chi connectivity index (χ0) is 24.2. The van der Waals surface area contributed by atoms with E-state index in [1.165, 1.54) is 23.1 Å². The molecule has 9 heteroatoms. The minimum atomic E-state index is -0.374. The number of fused-ring (bicyclic) bond motifs is 2. The predicted molar refractivity (Wildman–Crippen MR) is 137 cm³/mol. The Morgan fingerprint density at radius 1 is 1.15 bits per heavy atom. The van der Waals surface area contributed by atoms with E-state index in [1.54, 1.807) is 32.2 Å². The van der Waals surface area contributed by atoms with E-state index in [-0.39, 0.29) is 17.1 Å². The van der Waals surface area contributed by atoms with Crippen molar-refractivity contribution in [2.75, 3.05) is 19.0 Å². The Bertz CT molecular complexity index is 1370. The molecule has 0 aliphatic heterocycles. The van der Waals surface area contributed by atoms with Crippen LogP contribution in [-0.4, -0.2) is 40.8 Å². The second-order valence-corrected chi connectivity index (χ2v) is 9.81. The molecule has 1 unspecified atom stereocenters. The molecule has 4 aromatic rings. The van der Waals surface area contributed by atoms with Crippen molar-refractivity contribution in [2.24, 2.45) is 0 Å². The van der Waals surface area contributed by atoms with Crippen LogP contribution in [0.2, 0.25) is 0 Å². The first-order valence-corrected chi connectivity index (χ1v) is 12.6. The number of esters is 1. The zero-order valence-corrected chi connectivity index (χ0v) is 21.0. The fraction of sp³-hybridized carbons (Fsp3) is 0.280. The van der Waals surface area contributed by atoms with Gasteiger partial charge in [-0.25, -0.2) is 14.8 Å². The third-order valence-electron chi connectivity index (χ3n) is 5.26. The number of nitrogens with one attached hydrogen (secondary N) is 1. The molecular formula is C25H25N3O4S2. The van der Waals surface area contributed by atoms with Crippen molar-refractivity contribution in [1.82, 2.24) is 9.97 Å². The largest absolute Gasteiger partial charge is 0.494 e. The van der Waals surface area contributed by atoms with Crippen molar-refractivity contribution >= 4 is 61.2 Å². The molecule has 1 amide bonds. The molecule has 0 saturated carbocycles. The van der Waals surface area contributed by atoms with Crippen LogP contribution in [0.1, 0.15) is 36.2 Å². The van der Waals surface area contributed by atoms with E-state index in [1.807, 2.05) is 38.1 Å². The van der Waals surface area contributed by atoms with E-state index in [0.717, 1.165) is 26.2 Å². The van der Waals surface area contributed by atoms with Gasteiger partial charge in [-0.15, -0.1) is 0 Å². The molecule has 0 aliphatic rings. The summed E-state index contributed by atoms with van der Waals surface area (Å²) in [4.78, 5) is 34.3. The quantitative estimate of drug-likeness (QED) is 0.242. The lowest BCUT2D eigenvalue weighted by atomic mass is 10.1. The Kier molecular flexibility index (Phi) is 7.33. The van der Waals surface area contributed by atoms with Gasteiger partial charge in [-0.1, -0.05) is 42.2 Å². The zero-order valence-electron chi connectivity index (χ0n) is 19.4. The van der Waals surface area contributed by atoms with E-state index in [4.69, 9.17) is 14.5 Å². The van der Waals surface area contributed by atoms with Gasteiger partial charge in [0, 0.05) is 5.39 Å². The van der Waals surface area contributed by atoms with Crippen LogP contribution in [0.4, 0.5) is 5.13 Å². The van der Waals surface area contributed by atoms with Gasteiger partial charge in [0.25, 0.3) is 0 Å². The number of aryl methyl sites for hydroxylation is 1. The molecule has 34 heavy (non-hydrogen) atoms. The second-order valence-electron chi connectivity index (χ2n) is 7.56. The molecule has 7 nitrogen and oxygen atoms in total. The Labute approximate surface area is 205 Å². The summed E-state index contributed by atoms with van der Waals surface area (Å²) in [5.74, 6) is 0.189. The number of hydrogen-bond donors (Lipinski definition) is 1. The summed E-state index contributed by atoms with van der Waals surface area (Å²) in [6, 6.07) is 13.0. The maximum Gasteiger partial charge on any atom is 0.338 e. The number of thioether (sulfide) groups is 1. The molecule has 0 fully saturated rings. The van der Waals surface area contributed by atoms with E-state index < -0.39 is 0 Å². The van der Waals surface area contributed by atoms with Gasteiger partial charge in [0.1, 0.15) is 11.3 Å². The predicted octanol–water partition coefficient (Wildman–Crippen LogP) is 5.85. The van der Waals surface area contributed by atoms with E-state index in [0.29, 0.717) is 35.0 Å². The molecule has 0 bridgehead atoms. The second kappa shape index (κ2) is 10.4. The van der Waals surface area contributed by atoms with Crippen LogP contribution in [0, 0.1) is 6.92 Å². The fourth-order valence-corrected chi connectivity index (χ4v) is 5.48. The molecule has 0 saturated heterocycles. The molecule has 176 valence electrons. The number of benzene rings is 2. The average molecular weight is 496 g/mol. The van der Waals surface area contributed by atoms with Gasteiger partial charge in [-0.2, -0.15) is 0 Å². The van der Waals surface area contributed by atoms with Crippen molar-refractivity contribution in [3.63, 3.8) is 0 Å². The van der Waals surface area contributed by atoms with Gasteiger partial charge < -0.3 is 14.8 Å².